The summed E-state index contributed by atoms with van der Waals surface area (Å²) in [4.78, 5) is 29.7. The van der Waals surface area contributed by atoms with Gasteiger partial charge in [0.2, 0.25) is 5.91 Å². The van der Waals surface area contributed by atoms with Gasteiger partial charge in [-0.3, -0.25) is 4.79 Å². The molecule has 182 valence electrons. The number of piperazine rings is 1. The fourth-order valence-corrected chi connectivity index (χ4v) is 5.42. The van der Waals surface area contributed by atoms with Crippen molar-refractivity contribution in [3.63, 3.8) is 0 Å². The number of anilines is 1. The van der Waals surface area contributed by atoms with Crippen LogP contribution in [0.3, 0.4) is 0 Å². The van der Waals surface area contributed by atoms with Gasteiger partial charge in [-0.1, -0.05) is 6.92 Å². The minimum atomic E-state index is 0.00239. The molecule has 3 aromatic heterocycles. The fourth-order valence-electron chi connectivity index (χ4n) is 5.42. The lowest BCUT2D eigenvalue weighted by Crippen LogP contribution is -2.47. The lowest BCUT2D eigenvalue weighted by atomic mass is 9.97. The Morgan fingerprint density at radius 1 is 1.06 bits per heavy atom. The average Bonchev–Trinajstić information content (AvgIpc) is 3.38. The van der Waals surface area contributed by atoms with Crippen molar-refractivity contribution >= 4 is 28.4 Å². The first-order chi connectivity index (χ1) is 16.7. The third-order valence-electron chi connectivity index (χ3n) is 7.26. The molecule has 5 rings (SSSR count). The van der Waals surface area contributed by atoms with Crippen molar-refractivity contribution in [2.75, 3.05) is 63.8 Å². The maximum atomic E-state index is 13.0. The van der Waals surface area contributed by atoms with E-state index in [2.05, 4.69) is 48.6 Å². The predicted octanol–water partition coefficient (Wildman–Crippen LogP) is 2.63. The number of hydrogen-bond acceptors (Lipinski definition) is 6. The smallest absolute Gasteiger partial charge is 0.224 e. The second-order valence-corrected chi connectivity index (χ2v) is 9.66. The van der Waals surface area contributed by atoms with E-state index in [9.17, 15) is 4.79 Å². The number of carbonyl (C=O) groups is 1. The summed E-state index contributed by atoms with van der Waals surface area (Å²) in [6.07, 6.45) is 8.02. The van der Waals surface area contributed by atoms with Crippen LogP contribution < -0.4 is 10.2 Å². The Labute approximate surface area is 201 Å². The van der Waals surface area contributed by atoms with Gasteiger partial charge in [-0.2, -0.15) is 0 Å². The van der Waals surface area contributed by atoms with Gasteiger partial charge in [-0.25, -0.2) is 9.97 Å². The molecule has 8 nitrogen and oxygen atoms in total. The zero-order valence-electron chi connectivity index (χ0n) is 20.3. The summed E-state index contributed by atoms with van der Waals surface area (Å²) in [5.41, 5.74) is 2.81. The van der Waals surface area contributed by atoms with E-state index in [0.29, 0.717) is 6.54 Å². The molecule has 2 aliphatic heterocycles. The van der Waals surface area contributed by atoms with E-state index in [-0.39, 0.29) is 11.8 Å². The summed E-state index contributed by atoms with van der Waals surface area (Å²) in [5.74, 6) is 1.11. The van der Waals surface area contributed by atoms with Crippen molar-refractivity contribution in [2.24, 2.45) is 5.92 Å². The SMILES string of the molecule is CCCN1CCN(CCCNC(=O)C2CCCN(c3nc4ncccc4n4cccc34)C2)CC1. The van der Waals surface area contributed by atoms with Crippen LogP contribution in [0, 0.1) is 5.92 Å². The van der Waals surface area contributed by atoms with Gasteiger partial charge in [0.05, 0.1) is 17.0 Å². The van der Waals surface area contributed by atoms with Gasteiger partial charge in [0.15, 0.2) is 11.5 Å². The van der Waals surface area contributed by atoms with Gasteiger partial charge in [0, 0.05) is 58.2 Å². The molecule has 8 heteroatoms. The Morgan fingerprint density at radius 2 is 1.85 bits per heavy atom. The summed E-state index contributed by atoms with van der Waals surface area (Å²) < 4.78 is 2.15. The van der Waals surface area contributed by atoms with Crippen molar-refractivity contribution in [1.29, 1.82) is 0 Å². The minimum Gasteiger partial charge on any atom is -0.356 e. The highest BCUT2D eigenvalue weighted by molar-refractivity contribution is 5.84. The fraction of sp³-hybridized carbons (Fsp3) is 0.577. The molecule has 1 atom stereocenters. The molecule has 0 bridgehead atoms. The van der Waals surface area contributed by atoms with Crippen LogP contribution in [0.4, 0.5) is 5.82 Å². The molecule has 1 amide bonds. The largest absolute Gasteiger partial charge is 0.356 e. The van der Waals surface area contributed by atoms with E-state index >= 15 is 0 Å². The van der Waals surface area contributed by atoms with Crippen LogP contribution in [0.5, 0.6) is 0 Å². The molecule has 2 saturated heterocycles. The summed E-state index contributed by atoms with van der Waals surface area (Å²) in [7, 11) is 0. The van der Waals surface area contributed by atoms with Crippen molar-refractivity contribution in [3.05, 3.63) is 36.7 Å². The van der Waals surface area contributed by atoms with Crippen molar-refractivity contribution < 1.29 is 4.79 Å². The van der Waals surface area contributed by atoms with Gasteiger partial charge >= 0.3 is 0 Å². The highest BCUT2D eigenvalue weighted by Gasteiger charge is 2.28. The van der Waals surface area contributed by atoms with Crippen molar-refractivity contribution in [3.8, 4) is 0 Å². The summed E-state index contributed by atoms with van der Waals surface area (Å²) >= 11 is 0. The summed E-state index contributed by atoms with van der Waals surface area (Å²) in [5, 5.41) is 3.21. The van der Waals surface area contributed by atoms with Gasteiger partial charge < -0.3 is 24.4 Å². The first-order valence-corrected chi connectivity index (χ1v) is 12.9. The molecule has 0 saturated carbocycles. The van der Waals surface area contributed by atoms with Crippen LogP contribution in [-0.2, 0) is 4.79 Å². The topological polar surface area (TPSA) is 69.0 Å². The molecule has 2 fully saturated rings. The Bertz CT molecular complexity index is 1100. The quantitative estimate of drug-likeness (QED) is 0.518. The van der Waals surface area contributed by atoms with Crippen molar-refractivity contribution in [2.45, 2.75) is 32.6 Å². The molecule has 5 heterocycles. The Kier molecular flexibility index (Phi) is 7.25. The van der Waals surface area contributed by atoms with E-state index in [1.165, 1.54) is 26.1 Å². The summed E-state index contributed by atoms with van der Waals surface area (Å²) in [6.45, 7) is 11.5. The Morgan fingerprint density at radius 3 is 2.68 bits per heavy atom. The molecular weight excluding hydrogens is 426 g/mol. The van der Waals surface area contributed by atoms with Crippen LogP contribution in [0.15, 0.2) is 36.7 Å². The Hall–Kier alpha value is -2.71. The van der Waals surface area contributed by atoms with Gasteiger partial charge in [0.25, 0.3) is 0 Å². The molecule has 1 N–H and O–H groups in total. The van der Waals surface area contributed by atoms with E-state index in [1.807, 2.05) is 18.2 Å². The third kappa shape index (κ3) is 5.03. The van der Waals surface area contributed by atoms with E-state index in [0.717, 1.165) is 74.5 Å². The van der Waals surface area contributed by atoms with E-state index < -0.39 is 0 Å². The number of piperidine rings is 1. The molecule has 2 aliphatic rings. The van der Waals surface area contributed by atoms with E-state index in [4.69, 9.17) is 4.98 Å². The van der Waals surface area contributed by atoms with Gasteiger partial charge in [0.1, 0.15) is 0 Å². The molecule has 0 spiro atoms. The number of amides is 1. The molecule has 0 aromatic carbocycles. The van der Waals surface area contributed by atoms with Gasteiger partial charge in [-0.15, -0.1) is 0 Å². The number of carbonyl (C=O) groups excluding carboxylic acids is 1. The summed E-state index contributed by atoms with van der Waals surface area (Å²) in [6, 6.07) is 8.13. The number of pyridine rings is 1. The molecule has 1 unspecified atom stereocenters. The second kappa shape index (κ2) is 10.7. The third-order valence-corrected chi connectivity index (χ3v) is 7.26. The minimum absolute atomic E-state index is 0.00239. The van der Waals surface area contributed by atoms with Crippen LogP contribution >= 0.6 is 0 Å². The lowest BCUT2D eigenvalue weighted by molar-refractivity contribution is -0.125. The maximum Gasteiger partial charge on any atom is 0.224 e. The second-order valence-electron chi connectivity index (χ2n) is 9.66. The van der Waals surface area contributed by atoms with Crippen molar-refractivity contribution in [1.82, 2.24) is 29.5 Å². The normalized spacial score (nSPS) is 20.3. The van der Waals surface area contributed by atoms with E-state index in [1.54, 1.807) is 6.20 Å². The van der Waals surface area contributed by atoms with Crippen LogP contribution in [0.25, 0.3) is 16.7 Å². The van der Waals surface area contributed by atoms with Crippen LogP contribution in [-0.4, -0.2) is 89.0 Å². The molecule has 0 aliphatic carbocycles. The van der Waals surface area contributed by atoms with Gasteiger partial charge in [-0.05, 0) is 63.0 Å². The maximum absolute atomic E-state index is 13.0. The molecule has 3 aromatic rings. The molecule has 0 radical (unpaired) electrons. The number of nitrogens with one attached hydrogen (secondary N) is 1. The number of aromatic nitrogens is 3. The average molecular weight is 464 g/mol. The Balaban J connectivity index is 1.14. The monoisotopic (exact) mass is 463 g/mol. The number of fused-ring (bicyclic) bond motifs is 3. The molecule has 34 heavy (non-hydrogen) atoms. The molecular formula is C26H37N7O. The zero-order chi connectivity index (χ0) is 23.3. The highest BCUT2D eigenvalue weighted by Crippen LogP contribution is 2.28. The standard InChI is InChI=1S/C26H37N7O/c1-2-12-30-16-18-31(19-17-30)13-6-11-28-26(34)21-7-4-14-32(20-21)25-23-9-5-15-33(23)22-8-3-10-27-24(22)29-25/h3,5,8-10,15,21H,2,4,6-7,11-14,16-20H2,1H3,(H,28,34). The van der Waals surface area contributed by atoms with Crippen LogP contribution in [0.2, 0.25) is 0 Å². The first kappa shape index (κ1) is 23.1. The number of rotatable bonds is 8. The first-order valence-electron chi connectivity index (χ1n) is 12.9. The zero-order valence-corrected chi connectivity index (χ0v) is 20.3. The van der Waals surface area contributed by atoms with Crippen LogP contribution in [0.1, 0.15) is 32.6 Å². The number of hydrogen-bond donors (Lipinski definition) is 1. The highest BCUT2D eigenvalue weighted by atomic mass is 16.1. The number of nitrogens with zero attached hydrogens (tertiary/aromatic N) is 6. The lowest BCUT2D eigenvalue weighted by Gasteiger charge is -2.34. The predicted molar refractivity (Wildman–Crippen MR) is 136 cm³/mol.